The van der Waals surface area contributed by atoms with Gasteiger partial charge in [-0.15, -0.1) is 0 Å². The van der Waals surface area contributed by atoms with Crippen LogP contribution in [0.2, 0.25) is 5.02 Å². The summed E-state index contributed by atoms with van der Waals surface area (Å²) in [5.74, 6) is 0.525. The normalized spacial score (nSPS) is 12.6. The number of nitrogens with zero attached hydrogens (tertiary/aromatic N) is 1. The van der Waals surface area contributed by atoms with Crippen LogP contribution in [0.4, 0.5) is 5.69 Å². The maximum Gasteiger partial charge on any atom is 0.243 e. The fourth-order valence-electron chi connectivity index (χ4n) is 2.70. The van der Waals surface area contributed by atoms with Gasteiger partial charge >= 0.3 is 0 Å². The number of carbonyl (C=O) groups is 1. The van der Waals surface area contributed by atoms with Gasteiger partial charge in [0.05, 0.1) is 18.2 Å². The van der Waals surface area contributed by atoms with Crippen LogP contribution in [-0.2, 0) is 21.2 Å². The number of hydrogen-bond donors (Lipinski definition) is 1. The number of benzene rings is 1. The molecule has 142 valence electrons. The second kappa shape index (κ2) is 9.09. The number of nitrogens with one attached hydrogen (secondary N) is 1. The molecule has 1 aromatic heterocycles. The van der Waals surface area contributed by atoms with Crippen molar-refractivity contribution < 1.29 is 17.6 Å². The maximum absolute atomic E-state index is 12.6. The number of amides is 1. The lowest BCUT2D eigenvalue weighted by molar-refractivity contribution is -0.122. The Labute approximate surface area is 159 Å². The molecule has 2 rings (SSSR count). The SMILES string of the molecule is CCC(C(=O)NCCCc1ccco1)N(c1ccc(Cl)cc1)S(C)(=O)=O. The lowest BCUT2D eigenvalue weighted by Gasteiger charge is -2.30. The largest absolute Gasteiger partial charge is 0.469 e. The lowest BCUT2D eigenvalue weighted by Crippen LogP contribution is -2.49. The number of furan rings is 1. The third-order valence-corrected chi connectivity index (χ3v) is 5.32. The second-order valence-corrected chi connectivity index (χ2v) is 8.23. The molecule has 1 unspecified atom stereocenters. The first-order valence-electron chi connectivity index (χ1n) is 8.38. The van der Waals surface area contributed by atoms with Gasteiger partial charge in [0.2, 0.25) is 15.9 Å². The summed E-state index contributed by atoms with van der Waals surface area (Å²) in [7, 11) is -3.64. The number of halogens is 1. The molecule has 8 heteroatoms. The van der Waals surface area contributed by atoms with Crippen LogP contribution in [0.3, 0.4) is 0 Å². The van der Waals surface area contributed by atoms with Crippen molar-refractivity contribution >= 4 is 33.2 Å². The predicted octanol–water partition coefficient (Wildman–Crippen LogP) is 3.23. The van der Waals surface area contributed by atoms with E-state index in [2.05, 4.69) is 5.32 Å². The first-order valence-corrected chi connectivity index (χ1v) is 10.6. The molecule has 0 spiro atoms. The van der Waals surface area contributed by atoms with Crippen LogP contribution in [0, 0.1) is 0 Å². The standard InChI is InChI=1S/C18H23ClN2O4S/c1-3-17(18(22)20-12-4-6-16-7-5-13-25-16)21(26(2,23)24)15-10-8-14(19)9-11-15/h5,7-11,13,17H,3-4,6,12H2,1-2H3,(H,20,22). The third-order valence-electron chi connectivity index (χ3n) is 3.89. The fraction of sp³-hybridized carbons (Fsp3) is 0.389. The third kappa shape index (κ3) is 5.51. The van der Waals surface area contributed by atoms with Crippen molar-refractivity contribution in [3.63, 3.8) is 0 Å². The lowest BCUT2D eigenvalue weighted by atomic mass is 10.2. The van der Waals surface area contributed by atoms with Crippen LogP contribution in [0.25, 0.3) is 0 Å². The molecule has 0 fully saturated rings. The minimum absolute atomic E-state index is 0.327. The monoisotopic (exact) mass is 398 g/mol. The molecule has 1 amide bonds. The Balaban J connectivity index is 2.06. The maximum atomic E-state index is 12.6. The molecule has 1 atom stereocenters. The molecule has 0 bridgehead atoms. The van der Waals surface area contributed by atoms with E-state index in [1.165, 1.54) is 0 Å². The van der Waals surface area contributed by atoms with Crippen LogP contribution in [0.5, 0.6) is 0 Å². The smallest absolute Gasteiger partial charge is 0.243 e. The first kappa shape index (κ1) is 20.3. The molecule has 1 aromatic carbocycles. The number of hydrogen-bond acceptors (Lipinski definition) is 4. The summed E-state index contributed by atoms with van der Waals surface area (Å²) in [4.78, 5) is 12.6. The first-order chi connectivity index (χ1) is 12.3. The molecule has 0 aliphatic carbocycles. The molecule has 0 aliphatic rings. The van der Waals surface area contributed by atoms with E-state index in [-0.39, 0.29) is 5.91 Å². The highest BCUT2D eigenvalue weighted by molar-refractivity contribution is 7.92. The van der Waals surface area contributed by atoms with E-state index in [9.17, 15) is 13.2 Å². The zero-order valence-electron chi connectivity index (χ0n) is 14.8. The van der Waals surface area contributed by atoms with Crippen molar-refractivity contribution in [1.29, 1.82) is 0 Å². The zero-order valence-corrected chi connectivity index (χ0v) is 16.4. The van der Waals surface area contributed by atoms with Crippen LogP contribution >= 0.6 is 11.6 Å². The van der Waals surface area contributed by atoms with Crippen molar-refractivity contribution in [3.8, 4) is 0 Å². The molecular weight excluding hydrogens is 376 g/mol. The molecule has 1 heterocycles. The van der Waals surface area contributed by atoms with E-state index in [0.29, 0.717) is 36.5 Å². The highest BCUT2D eigenvalue weighted by Crippen LogP contribution is 2.24. The highest BCUT2D eigenvalue weighted by Gasteiger charge is 2.31. The van der Waals surface area contributed by atoms with Crippen molar-refractivity contribution in [3.05, 3.63) is 53.4 Å². The van der Waals surface area contributed by atoms with Gasteiger partial charge in [-0.3, -0.25) is 9.10 Å². The molecular formula is C18H23ClN2O4S. The molecule has 0 radical (unpaired) electrons. The van der Waals surface area contributed by atoms with Crippen LogP contribution in [0.15, 0.2) is 47.1 Å². The number of aryl methyl sites for hydroxylation is 1. The van der Waals surface area contributed by atoms with Gasteiger partial charge in [0.1, 0.15) is 11.8 Å². The number of sulfonamides is 1. The molecule has 6 nitrogen and oxygen atoms in total. The van der Waals surface area contributed by atoms with Crippen molar-refractivity contribution in [1.82, 2.24) is 5.32 Å². The summed E-state index contributed by atoms with van der Waals surface area (Å²) in [5, 5.41) is 3.31. The molecule has 0 saturated heterocycles. The van der Waals surface area contributed by atoms with Crippen LogP contribution in [0.1, 0.15) is 25.5 Å². The predicted molar refractivity (Wildman–Crippen MR) is 103 cm³/mol. The average Bonchev–Trinajstić information content (AvgIpc) is 3.10. The summed E-state index contributed by atoms with van der Waals surface area (Å²) in [6.07, 6.45) is 4.46. The Bertz CT molecular complexity index is 804. The van der Waals surface area contributed by atoms with E-state index in [0.717, 1.165) is 16.3 Å². The highest BCUT2D eigenvalue weighted by atomic mass is 35.5. The molecule has 26 heavy (non-hydrogen) atoms. The fourth-order valence-corrected chi connectivity index (χ4v) is 4.03. The van der Waals surface area contributed by atoms with Crippen LogP contribution < -0.4 is 9.62 Å². The van der Waals surface area contributed by atoms with Crippen molar-refractivity contribution in [2.45, 2.75) is 32.2 Å². The zero-order chi connectivity index (χ0) is 19.2. The minimum atomic E-state index is -3.64. The van der Waals surface area contributed by atoms with E-state index >= 15 is 0 Å². The summed E-state index contributed by atoms with van der Waals surface area (Å²) in [6.45, 7) is 2.22. The summed E-state index contributed by atoms with van der Waals surface area (Å²) in [6, 6.07) is 9.26. The topological polar surface area (TPSA) is 79.6 Å². The minimum Gasteiger partial charge on any atom is -0.469 e. The van der Waals surface area contributed by atoms with E-state index < -0.39 is 16.1 Å². The average molecular weight is 399 g/mol. The summed E-state index contributed by atoms with van der Waals surface area (Å²) >= 11 is 5.88. The number of rotatable bonds is 9. The number of carbonyl (C=O) groups excluding carboxylic acids is 1. The van der Waals surface area contributed by atoms with Crippen LogP contribution in [-0.4, -0.2) is 33.2 Å². The van der Waals surface area contributed by atoms with Gasteiger partial charge in [-0.1, -0.05) is 18.5 Å². The Hall–Kier alpha value is -1.99. The van der Waals surface area contributed by atoms with Crippen molar-refractivity contribution in [2.75, 3.05) is 17.1 Å². The van der Waals surface area contributed by atoms with Gasteiger partial charge in [0, 0.05) is 18.0 Å². The Morgan fingerprint density at radius 3 is 2.50 bits per heavy atom. The Morgan fingerprint density at radius 2 is 1.96 bits per heavy atom. The van der Waals surface area contributed by atoms with Gasteiger partial charge in [-0.05, 0) is 49.2 Å². The van der Waals surface area contributed by atoms with Gasteiger partial charge in [-0.25, -0.2) is 8.42 Å². The second-order valence-electron chi connectivity index (χ2n) is 5.93. The Morgan fingerprint density at radius 1 is 1.27 bits per heavy atom. The molecule has 2 aromatic rings. The van der Waals surface area contributed by atoms with E-state index in [1.54, 1.807) is 37.5 Å². The van der Waals surface area contributed by atoms with Gasteiger partial charge < -0.3 is 9.73 Å². The molecule has 1 N–H and O–H groups in total. The van der Waals surface area contributed by atoms with E-state index in [4.69, 9.17) is 16.0 Å². The number of anilines is 1. The molecule has 0 saturated carbocycles. The van der Waals surface area contributed by atoms with Gasteiger partial charge in [0.15, 0.2) is 0 Å². The Kier molecular flexibility index (Phi) is 7.11. The van der Waals surface area contributed by atoms with Crippen molar-refractivity contribution in [2.24, 2.45) is 0 Å². The quantitative estimate of drug-likeness (QED) is 0.657. The van der Waals surface area contributed by atoms with Gasteiger partial charge in [-0.2, -0.15) is 0 Å². The summed E-state index contributed by atoms with van der Waals surface area (Å²) in [5.41, 5.74) is 0.412. The van der Waals surface area contributed by atoms with E-state index in [1.807, 2.05) is 12.1 Å². The van der Waals surface area contributed by atoms with Gasteiger partial charge in [0.25, 0.3) is 0 Å². The molecule has 0 aliphatic heterocycles. The summed E-state index contributed by atoms with van der Waals surface area (Å²) < 4.78 is 31.0.